The third-order valence-electron chi connectivity index (χ3n) is 3.36. The van der Waals surface area contributed by atoms with Crippen LogP contribution in [0.3, 0.4) is 0 Å². The maximum atomic E-state index is 13.3. The zero-order valence-corrected chi connectivity index (χ0v) is 10.7. The normalized spacial score (nSPS) is 19.9. The summed E-state index contributed by atoms with van der Waals surface area (Å²) in [6.45, 7) is 8.24. The average Bonchev–Trinajstić information content (AvgIpc) is 2.73. The molecule has 1 aliphatic heterocycles. The number of rotatable bonds is 4. The van der Waals surface area contributed by atoms with Gasteiger partial charge in [0.25, 0.3) is 0 Å². The number of aryl methyl sites for hydroxylation is 1. The van der Waals surface area contributed by atoms with Crippen LogP contribution < -0.4 is 10.2 Å². The van der Waals surface area contributed by atoms with E-state index in [1.54, 1.807) is 12.1 Å². The molecule has 0 aliphatic carbocycles. The molecule has 1 aliphatic rings. The highest BCUT2D eigenvalue weighted by molar-refractivity contribution is 5.49. The Morgan fingerprint density at radius 2 is 2.24 bits per heavy atom. The van der Waals surface area contributed by atoms with Crippen molar-refractivity contribution in [2.45, 2.75) is 20.3 Å². The lowest BCUT2D eigenvalue weighted by Crippen LogP contribution is -2.26. The van der Waals surface area contributed by atoms with E-state index in [0.717, 1.165) is 37.4 Å². The molecule has 0 aromatic heterocycles. The summed E-state index contributed by atoms with van der Waals surface area (Å²) in [6, 6.07) is 5.29. The summed E-state index contributed by atoms with van der Waals surface area (Å²) in [5, 5.41) is 3.38. The second-order valence-electron chi connectivity index (χ2n) is 4.90. The van der Waals surface area contributed by atoms with Gasteiger partial charge in [0.15, 0.2) is 0 Å². The minimum Gasteiger partial charge on any atom is -0.371 e. The van der Waals surface area contributed by atoms with Gasteiger partial charge in [0.1, 0.15) is 5.82 Å². The largest absolute Gasteiger partial charge is 0.371 e. The molecule has 0 saturated carbocycles. The molecule has 0 spiro atoms. The number of nitrogens with one attached hydrogen (secondary N) is 1. The van der Waals surface area contributed by atoms with Crippen molar-refractivity contribution in [3.8, 4) is 0 Å². The first-order chi connectivity index (χ1) is 8.19. The lowest BCUT2D eigenvalue weighted by molar-refractivity contribution is 0.527. The highest BCUT2D eigenvalue weighted by atomic mass is 19.1. The maximum absolute atomic E-state index is 13.3. The number of anilines is 1. The Morgan fingerprint density at radius 3 is 2.94 bits per heavy atom. The summed E-state index contributed by atoms with van der Waals surface area (Å²) in [5.74, 6) is 0.564. The Kier molecular flexibility index (Phi) is 4.00. The van der Waals surface area contributed by atoms with Crippen molar-refractivity contribution in [2.24, 2.45) is 5.92 Å². The number of benzene rings is 1. The molecule has 1 aromatic carbocycles. The van der Waals surface area contributed by atoms with Crippen LogP contribution in [-0.2, 0) is 0 Å². The molecule has 1 saturated heterocycles. The van der Waals surface area contributed by atoms with E-state index in [2.05, 4.69) is 23.2 Å². The number of nitrogens with zero attached hydrogens (tertiary/aromatic N) is 1. The van der Waals surface area contributed by atoms with Crippen molar-refractivity contribution in [1.29, 1.82) is 0 Å². The lowest BCUT2D eigenvalue weighted by Gasteiger charge is -2.19. The van der Waals surface area contributed by atoms with Crippen LogP contribution in [0.2, 0.25) is 0 Å². The fourth-order valence-corrected chi connectivity index (χ4v) is 2.48. The van der Waals surface area contributed by atoms with Crippen molar-refractivity contribution in [3.05, 3.63) is 29.6 Å². The van der Waals surface area contributed by atoms with Gasteiger partial charge in [-0.3, -0.25) is 0 Å². The molecule has 2 rings (SSSR count). The van der Waals surface area contributed by atoms with E-state index in [4.69, 9.17) is 0 Å². The van der Waals surface area contributed by atoms with E-state index in [1.165, 1.54) is 6.42 Å². The summed E-state index contributed by atoms with van der Waals surface area (Å²) in [5.41, 5.74) is 2.02. The quantitative estimate of drug-likeness (QED) is 0.864. The van der Waals surface area contributed by atoms with Gasteiger partial charge in [-0.1, -0.05) is 6.92 Å². The molecule has 94 valence electrons. The van der Waals surface area contributed by atoms with E-state index < -0.39 is 0 Å². The second kappa shape index (κ2) is 5.50. The molecule has 0 radical (unpaired) electrons. The first-order valence-electron chi connectivity index (χ1n) is 6.42. The van der Waals surface area contributed by atoms with E-state index in [-0.39, 0.29) is 5.82 Å². The van der Waals surface area contributed by atoms with Crippen molar-refractivity contribution >= 4 is 5.69 Å². The Hall–Kier alpha value is -1.09. The van der Waals surface area contributed by atoms with Gasteiger partial charge in [-0.15, -0.1) is 0 Å². The van der Waals surface area contributed by atoms with Gasteiger partial charge >= 0.3 is 0 Å². The molecule has 1 aromatic rings. The van der Waals surface area contributed by atoms with E-state index >= 15 is 0 Å². The molecule has 1 atom stereocenters. The highest BCUT2D eigenvalue weighted by Crippen LogP contribution is 2.25. The predicted molar refractivity (Wildman–Crippen MR) is 70.0 cm³/mol. The molecule has 1 heterocycles. The van der Waals surface area contributed by atoms with Gasteiger partial charge in [-0.05, 0) is 56.1 Å². The SMILES string of the molecule is CCNCC1CCN(c2cc(C)cc(F)c2)C1. The van der Waals surface area contributed by atoms with Crippen molar-refractivity contribution in [2.75, 3.05) is 31.1 Å². The van der Waals surface area contributed by atoms with E-state index in [9.17, 15) is 4.39 Å². The maximum Gasteiger partial charge on any atom is 0.125 e. The zero-order valence-electron chi connectivity index (χ0n) is 10.7. The molecular formula is C14H21FN2. The predicted octanol–water partition coefficient (Wildman–Crippen LogP) is 2.57. The van der Waals surface area contributed by atoms with Crippen LogP contribution in [0.1, 0.15) is 18.9 Å². The minimum absolute atomic E-state index is 0.130. The third-order valence-corrected chi connectivity index (χ3v) is 3.36. The van der Waals surface area contributed by atoms with Crippen LogP contribution in [0.15, 0.2) is 18.2 Å². The fourth-order valence-electron chi connectivity index (χ4n) is 2.48. The van der Waals surface area contributed by atoms with Gasteiger partial charge in [0.05, 0.1) is 0 Å². The first kappa shape index (κ1) is 12.4. The minimum atomic E-state index is -0.130. The zero-order chi connectivity index (χ0) is 12.3. The lowest BCUT2D eigenvalue weighted by atomic mass is 10.1. The molecular weight excluding hydrogens is 215 g/mol. The van der Waals surface area contributed by atoms with Crippen LogP contribution in [-0.4, -0.2) is 26.2 Å². The molecule has 1 N–H and O–H groups in total. The Labute approximate surface area is 103 Å². The molecule has 1 fully saturated rings. The van der Waals surface area contributed by atoms with Gasteiger partial charge in [-0.25, -0.2) is 4.39 Å². The third kappa shape index (κ3) is 3.19. The Bertz CT molecular complexity index is 358. The summed E-state index contributed by atoms with van der Waals surface area (Å²) >= 11 is 0. The standard InChI is InChI=1S/C14H21FN2/c1-3-16-9-12-4-5-17(10-12)14-7-11(2)6-13(15)8-14/h6-8,12,16H,3-5,9-10H2,1-2H3. The molecule has 2 nitrogen and oxygen atoms in total. The summed E-state index contributed by atoms with van der Waals surface area (Å²) < 4.78 is 13.3. The molecule has 17 heavy (non-hydrogen) atoms. The number of hydrogen-bond donors (Lipinski definition) is 1. The summed E-state index contributed by atoms with van der Waals surface area (Å²) in [6.07, 6.45) is 1.20. The van der Waals surface area contributed by atoms with Crippen molar-refractivity contribution in [3.63, 3.8) is 0 Å². The molecule has 1 unspecified atom stereocenters. The smallest absolute Gasteiger partial charge is 0.125 e. The average molecular weight is 236 g/mol. The van der Waals surface area contributed by atoms with Gasteiger partial charge in [0, 0.05) is 18.8 Å². The van der Waals surface area contributed by atoms with Crippen LogP contribution >= 0.6 is 0 Å². The second-order valence-corrected chi connectivity index (χ2v) is 4.90. The fraction of sp³-hybridized carbons (Fsp3) is 0.571. The van der Waals surface area contributed by atoms with Crippen LogP contribution in [0.4, 0.5) is 10.1 Å². The number of halogens is 1. The molecule has 0 amide bonds. The van der Waals surface area contributed by atoms with Crippen LogP contribution in [0, 0.1) is 18.7 Å². The Morgan fingerprint density at radius 1 is 1.41 bits per heavy atom. The topological polar surface area (TPSA) is 15.3 Å². The van der Waals surface area contributed by atoms with Crippen LogP contribution in [0.5, 0.6) is 0 Å². The highest BCUT2D eigenvalue weighted by Gasteiger charge is 2.22. The van der Waals surface area contributed by atoms with Gasteiger partial charge in [-0.2, -0.15) is 0 Å². The van der Waals surface area contributed by atoms with Crippen molar-refractivity contribution < 1.29 is 4.39 Å². The summed E-state index contributed by atoms with van der Waals surface area (Å²) in [4.78, 5) is 2.29. The van der Waals surface area contributed by atoms with Gasteiger partial charge in [0.2, 0.25) is 0 Å². The van der Waals surface area contributed by atoms with E-state index in [0.29, 0.717) is 5.92 Å². The van der Waals surface area contributed by atoms with Gasteiger partial charge < -0.3 is 10.2 Å². The summed E-state index contributed by atoms with van der Waals surface area (Å²) in [7, 11) is 0. The Balaban J connectivity index is 1.99. The van der Waals surface area contributed by atoms with E-state index in [1.807, 2.05) is 6.92 Å². The first-order valence-corrected chi connectivity index (χ1v) is 6.42. The monoisotopic (exact) mass is 236 g/mol. The van der Waals surface area contributed by atoms with Crippen LogP contribution in [0.25, 0.3) is 0 Å². The number of hydrogen-bond acceptors (Lipinski definition) is 2. The molecule has 0 bridgehead atoms. The molecule has 3 heteroatoms. The van der Waals surface area contributed by atoms with Crippen molar-refractivity contribution in [1.82, 2.24) is 5.32 Å².